The number of hydrogen-bond acceptors (Lipinski definition) is 4. The average molecular weight is 384 g/mol. The number of carbonyl (C=O) groups is 2. The van der Waals surface area contributed by atoms with Crippen molar-refractivity contribution in [1.29, 1.82) is 0 Å². The second-order valence-corrected chi connectivity index (χ2v) is 6.73. The van der Waals surface area contributed by atoms with E-state index >= 15 is 0 Å². The van der Waals surface area contributed by atoms with Crippen LogP contribution < -0.4 is 5.32 Å². The van der Waals surface area contributed by atoms with Crippen LogP contribution in [0.2, 0.25) is 10.0 Å². The van der Waals surface area contributed by atoms with Gasteiger partial charge in [0.15, 0.2) is 6.61 Å². The number of thioether (sulfide) groups is 1. The number of nitrogens with one attached hydrogen (secondary N) is 1. The van der Waals surface area contributed by atoms with Crippen molar-refractivity contribution in [2.45, 2.75) is 11.4 Å². The fourth-order valence-electron chi connectivity index (χ4n) is 1.71. The first-order valence-electron chi connectivity index (χ1n) is 7.08. The van der Waals surface area contributed by atoms with Crippen molar-refractivity contribution in [3.05, 3.63) is 64.1 Å². The van der Waals surface area contributed by atoms with Crippen molar-refractivity contribution in [2.75, 3.05) is 12.4 Å². The van der Waals surface area contributed by atoms with Gasteiger partial charge in [-0.15, -0.1) is 11.8 Å². The van der Waals surface area contributed by atoms with E-state index in [9.17, 15) is 9.59 Å². The molecule has 0 aliphatic heterocycles. The molecule has 0 unspecified atom stereocenters. The highest BCUT2D eigenvalue weighted by Crippen LogP contribution is 2.20. The van der Waals surface area contributed by atoms with Gasteiger partial charge in [-0.1, -0.05) is 35.3 Å². The highest BCUT2D eigenvalue weighted by molar-refractivity contribution is 8.00. The summed E-state index contributed by atoms with van der Waals surface area (Å²) >= 11 is 12.9. The lowest BCUT2D eigenvalue weighted by Crippen LogP contribution is -2.28. The molecule has 4 nitrogen and oxygen atoms in total. The van der Waals surface area contributed by atoms with E-state index in [1.807, 2.05) is 24.3 Å². The molecule has 2 aromatic carbocycles. The van der Waals surface area contributed by atoms with Crippen LogP contribution in [-0.4, -0.2) is 24.2 Å². The van der Waals surface area contributed by atoms with Crippen LogP contribution in [0.25, 0.3) is 0 Å². The summed E-state index contributed by atoms with van der Waals surface area (Å²) in [5.41, 5.74) is 0.914. The van der Waals surface area contributed by atoms with Gasteiger partial charge in [0.2, 0.25) is 0 Å². The molecule has 0 fully saturated rings. The summed E-state index contributed by atoms with van der Waals surface area (Å²) in [4.78, 5) is 24.2. The van der Waals surface area contributed by atoms with Crippen LogP contribution in [0.5, 0.6) is 0 Å². The molecule has 126 valence electrons. The monoisotopic (exact) mass is 383 g/mol. The van der Waals surface area contributed by atoms with Crippen molar-refractivity contribution in [1.82, 2.24) is 5.32 Å². The number of halogens is 2. The van der Waals surface area contributed by atoms with E-state index < -0.39 is 5.97 Å². The molecule has 2 aromatic rings. The van der Waals surface area contributed by atoms with E-state index in [4.69, 9.17) is 27.9 Å². The molecular weight excluding hydrogens is 369 g/mol. The highest BCUT2D eigenvalue weighted by Gasteiger charge is 2.08. The minimum atomic E-state index is -0.448. The molecule has 1 N–H and O–H groups in total. The fraction of sp³-hybridized carbons (Fsp3) is 0.176. The third kappa shape index (κ3) is 6.83. The first-order chi connectivity index (χ1) is 11.5. The normalized spacial score (nSPS) is 10.2. The molecule has 2 rings (SSSR count). The largest absolute Gasteiger partial charge is 0.455 e. The Balaban J connectivity index is 1.64. The van der Waals surface area contributed by atoms with Gasteiger partial charge in [0.1, 0.15) is 0 Å². The van der Waals surface area contributed by atoms with Gasteiger partial charge in [0.25, 0.3) is 5.91 Å². The number of carbonyl (C=O) groups excluding carboxylic acids is 2. The summed E-state index contributed by atoms with van der Waals surface area (Å²) in [7, 11) is 0. The average Bonchev–Trinajstić information content (AvgIpc) is 2.59. The molecule has 0 heterocycles. The smallest absolute Gasteiger partial charge is 0.316 e. The maximum Gasteiger partial charge on any atom is 0.316 e. The van der Waals surface area contributed by atoms with Gasteiger partial charge in [0, 0.05) is 21.5 Å². The van der Waals surface area contributed by atoms with E-state index in [2.05, 4.69) is 5.32 Å². The van der Waals surface area contributed by atoms with Gasteiger partial charge in [-0.2, -0.15) is 0 Å². The van der Waals surface area contributed by atoms with Crippen LogP contribution in [0.4, 0.5) is 0 Å². The van der Waals surface area contributed by atoms with E-state index in [0.29, 0.717) is 16.6 Å². The van der Waals surface area contributed by atoms with Crippen LogP contribution in [0, 0.1) is 0 Å². The van der Waals surface area contributed by atoms with Crippen LogP contribution in [0.15, 0.2) is 53.4 Å². The molecule has 1 amide bonds. The second kappa shape index (κ2) is 9.57. The Morgan fingerprint density at radius 2 is 1.54 bits per heavy atom. The van der Waals surface area contributed by atoms with Gasteiger partial charge >= 0.3 is 5.97 Å². The minimum absolute atomic E-state index is 0.131. The first-order valence-corrected chi connectivity index (χ1v) is 8.82. The predicted molar refractivity (Wildman–Crippen MR) is 96.4 cm³/mol. The lowest BCUT2D eigenvalue weighted by atomic mass is 10.2. The molecular formula is C17H15Cl2NO3S. The molecule has 0 aliphatic rings. The molecule has 0 saturated carbocycles. The maximum absolute atomic E-state index is 11.7. The Morgan fingerprint density at radius 1 is 0.958 bits per heavy atom. The molecule has 7 heteroatoms. The van der Waals surface area contributed by atoms with Crippen molar-refractivity contribution in [3.63, 3.8) is 0 Å². The highest BCUT2D eigenvalue weighted by atomic mass is 35.5. The summed E-state index contributed by atoms with van der Waals surface area (Å²) < 4.78 is 4.94. The Bertz CT molecular complexity index is 628. The van der Waals surface area contributed by atoms with Crippen LogP contribution in [0.1, 0.15) is 5.56 Å². The topological polar surface area (TPSA) is 55.4 Å². The molecule has 24 heavy (non-hydrogen) atoms. The summed E-state index contributed by atoms with van der Waals surface area (Å²) in [5, 5.41) is 3.95. The van der Waals surface area contributed by atoms with E-state index in [1.54, 1.807) is 24.3 Å². The molecule has 0 bridgehead atoms. The van der Waals surface area contributed by atoms with E-state index in [-0.39, 0.29) is 18.3 Å². The van der Waals surface area contributed by atoms with Crippen molar-refractivity contribution < 1.29 is 14.3 Å². The number of hydrogen-bond donors (Lipinski definition) is 1. The van der Waals surface area contributed by atoms with Crippen LogP contribution in [0.3, 0.4) is 0 Å². The third-order valence-electron chi connectivity index (χ3n) is 2.94. The predicted octanol–water partition coefficient (Wildman–Crippen LogP) is 3.95. The second-order valence-electron chi connectivity index (χ2n) is 4.81. The van der Waals surface area contributed by atoms with Crippen molar-refractivity contribution in [3.8, 4) is 0 Å². The molecule has 0 saturated heterocycles. The Hall–Kier alpha value is -1.69. The molecule has 0 aromatic heterocycles. The Morgan fingerprint density at radius 3 is 2.17 bits per heavy atom. The molecule has 0 spiro atoms. The standard InChI is InChI=1S/C17H15Cl2NO3S/c18-13-3-1-12(2-4-13)9-20-16(21)10-23-17(22)11-24-15-7-5-14(19)6-8-15/h1-8H,9-11H2,(H,20,21). The number of rotatable bonds is 7. The summed E-state index contributed by atoms with van der Waals surface area (Å²) in [6, 6.07) is 14.3. The van der Waals surface area contributed by atoms with Crippen LogP contribution >= 0.6 is 35.0 Å². The van der Waals surface area contributed by atoms with Gasteiger partial charge in [-0.25, -0.2) is 0 Å². The number of benzene rings is 2. The van der Waals surface area contributed by atoms with E-state index in [1.165, 1.54) is 11.8 Å². The molecule has 0 radical (unpaired) electrons. The Labute approximate surface area is 154 Å². The van der Waals surface area contributed by atoms with E-state index in [0.717, 1.165) is 10.5 Å². The summed E-state index contributed by atoms with van der Waals surface area (Å²) in [6.45, 7) is 0.0562. The lowest BCUT2D eigenvalue weighted by molar-refractivity contribution is -0.145. The van der Waals surface area contributed by atoms with Gasteiger partial charge < -0.3 is 10.1 Å². The quantitative estimate of drug-likeness (QED) is 0.580. The first kappa shape index (κ1) is 18.6. The zero-order valence-electron chi connectivity index (χ0n) is 12.6. The van der Waals surface area contributed by atoms with Gasteiger partial charge in [-0.3, -0.25) is 9.59 Å². The SMILES string of the molecule is O=C(COC(=O)CSc1ccc(Cl)cc1)NCc1ccc(Cl)cc1. The number of esters is 1. The maximum atomic E-state index is 11.7. The summed E-state index contributed by atoms with van der Waals surface area (Å²) in [5.74, 6) is -0.669. The molecule has 0 atom stereocenters. The minimum Gasteiger partial charge on any atom is -0.455 e. The van der Waals surface area contributed by atoms with Gasteiger partial charge in [0.05, 0.1) is 5.75 Å². The lowest BCUT2D eigenvalue weighted by Gasteiger charge is -2.07. The Kier molecular flexibility index (Phi) is 7.43. The zero-order chi connectivity index (χ0) is 17.4. The van der Waals surface area contributed by atoms with Gasteiger partial charge in [-0.05, 0) is 42.0 Å². The zero-order valence-corrected chi connectivity index (χ0v) is 15.0. The summed E-state index contributed by atoms with van der Waals surface area (Å²) in [6.07, 6.45) is 0. The number of amides is 1. The molecule has 0 aliphatic carbocycles. The third-order valence-corrected chi connectivity index (χ3v) is 4.43. The fourth-order valence-corrected chi connectivity index (χ4v) is 2.66. The van der Waals surface area contributed by atoms with Crippen molar-refractivity contribution >= 4 is 46.8 Å². The number of ether oxygens (including phenoxy) is 1. The van der Waals surface area contributed by atoms with Crippen LogP contribution in [-0.2, 0) is 20.9 Å². The van der Waals surface area contributed by atoms with Crippen molar-refractivity contribution in [2.24, 2.45) is 0 Å².